The van der Waals surface area contributed by atoms with Gasteiger partial charge in [0.1, 0.15) is 5.75 Å². The maximum Gasteiger partial charge on any atom is 0.573 e. The minimum atomic E-state index is -4.70. The SMILES string of the molecule is CCC(NC=O)c1ccc(OC(F)(F)F)c(C)c1. The quantitative estimate of drug-likeness (QED) is 0.827. The number of nitrogens with one attached hydrogen (secondary N) is 1. The van der Waals surface area contributed by atoms with E-state index in [1.54, 1.807) is 6.07 Å². The van der Waals surface area contributed by atoms with Gasteiger partial charge in [0.15, 0.2) is 0 Å². The van der Waals surface area contributed by atoms with Crippen LogP contribution in [-0.2, 0) is 4.79 Å². The molecule has 1 aromatic carbocycles. The van der Waals surface area contributed by atoms with Crippen molar-refractivity contribution in [3.63, 3.8) is 0 Å². The molecule has 0 spiro atoms. The van der Waals surface area contributed by atoms with Crippen molar-refractivity contribution in [1.82, 2.24) is 5.32 Å². The van der Waals surface area contributed by atoms with Crippen molar-refractivity contribution in [3.8, 4) is 5.75 Å². The average Bonchev–Trinajstić information content (AvgIpc) is 2.27. The van der Waals surface area contributed by atoms with E-state index in [-0.39, 0.29) is 11.8 Å². The van der Waals surface area contributed by atoms with Gasteiger partial charge in [0, 0.05) is 0 Å². The van der Waals surface area contributed by atoms with Crippen molar-refractivity contribution in [1.29, 1.82) is 0 Å². The van der Waals surface area contributed by atoms with Gasteiger partial charge < -0.3 is 10.1 Å². The number of amides is 1. The Morgan fingerprint density at radius 1 is 1.44 bits per heavy atom. The van der Waals surface area contributed by atoms with Crippen molar-refractivity contribution in [2.24, 2.45) is 0 Å². The molecule has 100 valence electrons. The van der Waals surface area contributed by atoms with Crippen LogP contribution < -0.4 is 10.1 Å². The summed E-state index contributed by atoms with van der Waals surface area (Å²) in [7, 11) is 0. The van der Waals surface area contributed by atoms with Crippen molar-refractivity contribution >= 4 is 6.41 Å². The van der Waals surface area contributed by atoms with Crippen molar-refractivity contribution in [2.75, 3.05) is 0 Å². The highest BCUT2D eigenvalue weighted by atomic mass is 19.4. The predicted octanol–water partition coefficient (Wildman–Crippen LogP) is 3.09. The molecule has 1 atom stereocenters. The van der Waals surface area contributed by atoms with Gasteiger partial charge in [-0.05, 0) is 30.5 Å². The lowest BCUT2D eigenvalue weighted by molar-refractivity contribution is -0.274. The van der Waals surface area contributed by atoms with Gasteiger partial charge in [-0.25, -0.2) is 0 Å². The fourth-order valence-corrected chi connectivity index (χ4v) is 1.66. The number of ether oxygens (including phenoxy) is 1. The summed E-state index contributed by atoms with van der Waals surface area (Å²) in [5.41, 5.74) is 1.12. The molecule has 0 bridgehead atoms. The maximum absolute atomic E-state index is 12.1. The summed E-state index contributed by atoms with van der Waals surface area (Å²) in [6.07, 6.45) is -3.47. The Kier molecular flexibility index (Phi) is 4.58. The molecule has 0 aliphatic carbocycles. The van der Waals surface area contributed by atoms with Crippen LogP contribution in [0.3, 0.4) is 0 Å². The van der Waals surface area contributed by atoms with Crippen LogP contribution in [0.2, 0.25) is 0 Å². The molecule has 0 saturated carbocycles. The second-order valence-electron chi connectivity index (χ2n) is 3.82. The van der Waals surface area contributed by atoms with E-state index in [0.717, 1.165) is 5.56 Å². The zero-order valence-corrected chi connectivity index (χ0v) is 10.0. The summed E-state index contributed by atoms with van der Waals surface area (Å²) in [5, 5.41) is 2.60. The zero-order chi connectivity index (χ0) is 13.8. The number of hydrogen-bond acceptors (Lipinski definition) is 2. The highest BCUT2D eigenvalue weighted by Crippen LogP contribution is 2.28. The minimum absolute atomic E-state index is 0.207. The van der Waals surface area contributed by atoms with Gasteiger partial charge in [0.2, 0.25) is 6.41 Å². The Balaban J connectivity index is 2.94. The van der Waals surface area contributed by atoms with Gasteiger partial charge in [0.05, 0.1) is 6.04 Å². The van der Waals surface area contributed by atoms with Gasteiger partial charge in [0.25, 0.3) is 0 Å². The first kappa shape index (κ1) is 14.3. The van der Waals surface area contributed by atoms with Crippen LogP contribution in [0.1, 0.15) is 30.5 Å². The Labute approximate surface area is 103 Å². The van der Waals surface area contributed by atoms with E-state index in [0.29, 0.717) is 18.4 Å². The summed E-state index contributed by atoms with van der Waals surface area (Å²) in [5.74, 6) is -0.229. The van der Waals surface area contributed by atoms with Gasteiger partial charge in [-0.15, -0.1) is 13.2 Å². The van der Waals surface area contributed by atoms with Crippen molar-refractivity contribution in [3.05, 3.63) is 29.3 Å². The molecule has 18 heavy (non-hydrogen) atoms. The number of benzene rings is 1. The third-order valence-corrected chi connectivity index (χ3v) is 2.50. The largest absolute Gasteiger partial charge is 0.573 e. The van der Waals surface area contributed by atoms with E-state index < -0.39 is 6.36 Å². The molecule has 1 N–H and O–H groups in total. The molecule has 1 amide bonds. The van der Waals surface area contributed by atoms with Crippen molar-refractivity contribution in [2.45, 2.75) is 32.7 Å². The number of carbonyl (C=O) groups is 1. The fraction of sp³-hybridized carbons (Fsp3) is 0.417. The minimum Gasteiger partial charge on any atom is -0.406 e. The highest BCUT2D eigenvalue weighted by Gasteiger charge is 2.31. The first-order valence-corrected chi connectivity index (χ1v) is 5.43. The molecule has 1 unspecified atom stereocenters. The summed E-state index contributed by atoms with van der Waals surface area (Å²) < 4.78 is 40.1. The van der Waals surface area contributed by atoms with E-state index >= 15 is 0 Å². The summed E-state index contributed by atoms with van der Waals surface area (Å²) in [6, 6.07) is 4.14. The van der Waals surface area contributed by atoms with Crippen LogP contribution in [0.15, 0.2) is 18.2 Å². The standard InChI is InChI=1S/C12H14F3NO2/c1-3-10(16-7-17)9-4-5-11(8(2)6-9)18-12(13,14)15/h4-7,10H,3H2,1-2H3,(H,16,17). The normalized spacial score (nSPS) is 12.9. The molecule has 0 aliphatic rings. The molecule has 0 radical (unpaired) electrons. The third kappa shape index (κ3) is 3.94. The second kappa shape index (κ2) is 5.75. The zero-order valence-electron chi connectivity index (χ0n) is 10.0. The molecular weight excluding hydrogens is 247 g/mol. The molecule has 1 rings (SSSR count). The monoisotopic (exact) mass is 261 g/mol. The Bertz CT molecular complexity index is 418. The number of hydrogen-bond donors (Lipinski definition) is 1. The molecule has 0 aromatic heterocycles. The van der Waals surface area contributed by atoms with E-state index in [1.807, 2.05) is 6.92 Å². The molecular formula is C12H14F3NO2. The van der Waals surface area contributed by atoms with Crippen LogP contribution >= 0.6 is 0 Å². The van der Waals surface area contributed by atoms with E-state index in [2.05, 4.69) is 10.1 Å². The topological polar surface area (TPSA) is 38.3 Å². The van der Waals surface area contributed by atoms with E-state index in [4.69, 9.17) is 0 Å². The number of carbonyl (C=O) groups excluding carboxylic acids is 1. The highest BCUT2D eigenvalue weighted by molar-refractivity contribution is 5.48. The lowest BCUT2D eigenvalue weighted by atomic mass is 10.0. The fourth-order valence-electron chi connectivity index (χ4n) is 1.66. The summed E-state index contributed by atoms with van der Waals surface area (Å²) >= 11 is 0. The number of halogens is 3. The maximum atomic E-state index is 12.1. The van der Waals surface area contributed by atoms with E-state index in [9.17, 15) is 18.0 Å². The summed E-state index contributed by atoms with van der Waals surface area (Å²) in [6.45, 7) is 3.40. The molecule has 0 heterocycles. The first-order valence-electron chi connectivity index (χ1n) is 5.43. The molecule has 3 nitrogen and oxygen atoms in total. The Hall–Kier alpha value is -1.72. The number of alkyl halides is 3. The van der Waals surface area contributed by atoms with Gasteiger partial charge >= 0.3 is 6.36 Å². The third-order valence-electron chi connectivity index (χ3n) is 2.50. The molecule has 0 saturated heterocycles. The van der Waals surface area contributed by atoms with E-state index in [1.165, 1.54) is 19.1 Å². The van der Waals surface area contributed by atoms with Crippen molar-refractivity contribution < 1.29 is 22.7 Å². The van der Waals surface area contributed by atoms with Crippen LogP contribution in [0.5, 0.6) is 5.75 Å². The predicted molar refractivity (Wildman–Crippen MR) is 60.1 cm³/mol. The van der Waals surface area contributed by atoms with Crippen LogP contribution in [0, 0.1) is 6.92 Å². The Morgan fingerprint density at radius 2 is 2.11 bits per heavy atom. The van der Waals surface area contributed by atoms with Crippen LogP contribution in [-0.4, -0.2) is 12.8 Å². The second-order valence-corrected chi connectivity index (χ2v) is 3.82. The molecule has 0 aliphatic heterocycles. The molecule has 0 fully saturated rings. The first-order chi connectivity index (χ1) is 8.37. The summed E-state index contributed by atoms with van der Waals surface area (Å²) in [4.78, 5) is 10.4. The van der Waals surface area contributed by atoms with Gasteiger partial charge in [-0.1, -0.05) is 19.1 Å². The van der Waals surface area contributed by atoms with Gasteiger partial charge in [-0.3, -0.25) is 4.79 Å². The molecule has 6 heteroatoms. The number of rotatable bonds is 5. The van der Waals surface area contributed by atoms with Crippen LogP contribution in [0.25, 0.3) is 0 Å². The molecule has 1 aromatic rings. The lowest BCUT2D eigenvalue weighted by Crippen LogP contribution is -2.20. The number of aryl methyl sites for hydroxylation is 1. The average molecular weight is 261 g/mol. The lowest BCUT2D eigenvalue weighted by Gasteiger charge is -2.17. The Morgan fingerprint density at radius 3 is 2.56 bits per heavy atom. The smallest absolute Gasteiger partial charge is 0.406 e. The van der Waals surface area contributed by atoms with Gasteiger partial charge in [-0.2, -0.15) is 0 Å². The van der Waals surface area contributed by atoms with Crippen LogP contribution in [0.4, 0.5) is 13.2 Å².